The van der Waals surface area contributed by atoms with Gasteiger partial charge in [0.15, 0.2) is 11.0 Å². The number of nitrogens with one attached hydrogen (secondary N) is 3. The summed E-state index contributed by atoms with van der Waals surface area (Å²) in [5.74, 6) is 0.592. The quantitative estimate of drug-likeness (QED) is 0.853. The maximum atomic E-state index is 12.0. The van der Waals surface area contributed by atoms with Crippen LogP contribution in [0.1, 0.15) is 37.7 Å². The number of carbonyl (C=O) groups is 1. The summed E-state index contributed by atoms with van der Waals surface area (Å²) in [7, 11) is 0. The number of hydrogen-bond acceptors (Lipinski definition) is 2. The van der Waals surface area contributed by atoms with Crippen molar-refractivity contribution in [3.05, 3.63) is 23.8 Å². The van der Waals surface area contributed by atoms with E-state index in [4.69, 9.17) is 0 Å². The highest BCUT2D eigenvalue weighted by atomic mass is 32.2. The van der Waals surface area contributed by atoms with E-state index in [2.05, 4.69) is 40.4 Å². The number of imidazole rings is 1. The molecule has 3 rings (SSSR count). The molecular formula is C16H22N3OS+. The van der Waals surface area contributed by atoms with Gasteiger partial charge in [0.1, 0.15) is 0 Å². The van der Waals surface area contributed by atoms with Crippen LogP contribution in [-0.4, -0.2) is 22.7 Å². The molecule has 1 aromatic carbocycles. The van der Waals surface area contributed by atoms with Gasteiger partial charge >= 0.3 is 5.16 Å². The first kappa shape index (κ1) is 14.4. The zero-order valence-electron chi connectivity index (χ0n) is 12.4. The van der Waals surface area contributed by atoms with Gasteiger partial charge in [0.25, 0.3) is 0 Å². The van der Waals surface area contributed by atoms with Crippen molar-refractivity contribution < 1.29 is 9.78 Å². The molecule has 1 aliphatic carbocycles. The fourth-order valence-electron chi connectivity index (χ4n) is 2.87. The lowest BCUT2D eigenvalue weighted by Crippen LogP contribution is -2.37. The minimum absolute atomic E-state index is 0.134. The summed E-state index contributed by atoms with van der Waals surface area (Å²) >= 11 is 1.53. The van der Waals surface area contributed by atoms with E-state index in [1.54, 1.807) is 0 Å². The van der Waals surface area contributed by atoms with E-state index in [-0.39, 0.29) is 5.91 Å². The minimum atomic E-state index is 0.134. The van der Waals surface area contributed by atoms with E-state index >= 15 is 0 Å². The van der Waals surface area contributed by atoms with Crippen molar-refractivity contribution in [2.24, 2.45) is 0 Å². The number of aryl methyl sites for hydroxylation is 1. The summed E-state index contributed by atoms with van der Waals surface area (Å²) in [4.78, 5) is 18.6. The van der Waals surface area contributed by atoms with Crippen LogP contribution < -0.4 is 10.3 Å². The molecule has 5 heteroatoms. The summed E-state index contributed by atoms with van der Waals surface area (Å²) in [6, 6.07) is 6.64. The number of thioether (sulfide) groups is 1. The van der Waals surface area contributed by atoms with E-state index in [0.717, 1.165) is 29.0 Å². The Labute approximate surface area is 129 Å². The molecule has 2 aromatic rings. The average molecular weight is 304 g/mol. The van der Waals surface area contributed by atoms with Crippen LogP contribution in [0.25, 0.3) is 11.0 Å². The SMILES string of the molecule is Cc1ccc2[nH+]c(SCC(=O)NC3CCCCC3)[nH]c2c1. The molecule has 0 radical (unpaired) electrons. The Balaban J connectivity index is 1.54. The van der Waals surface area contributed by atoms with Crippen molar-refractivity contribution in [1.82, 2.24) is 10.3 Å². The largest absolute Gasteiger partial charge is 0.353 e. The smallest absolute Gasteiger partial charge is 0.315 e. The molecule has 0 aliphatic heterocycles. The van der Waals surface area contributed by atoms with Crippen LogP contribution in [0, 0.1) is 6.92 Å². The first-order valence-electron chi connectivity index (χ1n) is 7.64. The Bertz CT molecular complexity index is 631. The third-order valence-electron chi connectivity index (χ3n) is 3.99. The molecule has 1 amide bonds. The normalized spacial score (nSPS) is 16.2. The number of H-pyrrole nitrogens is 2. The number of benzene rings is 1. The molecule has 0 unspecified atom stereocenters. The summed E-state index contributed by atoms with van der Waals surface area (Å²) in [5.41, 5.74) is 3.39. The Hall–Kier alpha value is -1.49. The lowest BCUT2D eigenvalue weighted by atomic mass is 9.95. The molecule has 0 atom stereocenters. The van der Waals surface area contributed by atoms with Gasteiger partial charge in [-0.15, -0.1) is 0 Å². The van der Waals surface area contributed by atoms with Crippen LogP contribution in [-0.2, 0) is 4.79 Å². The summed E-state index contributed by atoms with van der Waals surface area (Å²) < 4.78 is 0. The van der Waals surface area contributed by atoms with Gasteiger partial charge in [-0.05, 0) is 49.2 Å². The van der Waals surface area contributed by atoms with E-state index in [1.165, 1.54) is 36.6 Å². The van der Waals surface area contributed by atoms with Gasteiger partial charge in [-0.25, -0.2) is 9.97 Å². The zero-order chi connectivity index (χ0) is 14.7. The second kappa shape index (κ2) is 6.52. The number of rotatable bonds is 4. The predicted octanol–water partition coefficient (Wildman–Crippen LogP) is 2.83. The van der Waals surface area contributed by atoms with Crippen LogP contribution in [0.4, 0.5) is 0 Å². The number of fused-ring (bicyclic) bond motifs is 1. The first-order valence-corrected chi connectivity index (χ1v) is 8.63. The maximum absolute atomic E-state index is 12.0. The van der Waals surface area contributed by atoms with E-state index < -0.39 is 0 Å². The van der Waals surface area contributed by atoms with E-state index in [9.17, 15) is 4.79 Å². The van der Waals surface area contributed by atoms with Crippen molar-refractivity contribution in [1.29, 1.82) is 0 Å². The average Bonchev–Trinajstić information content (AvgIpc) is 2.88. The Morgan fingerprint density at radius 3 is 3.00 bits per heavy atom. The first-order chi connectivity index (χ1) is 10.2. The molecular weight excluding hydrogens is 282 g/mol. The molecule has 21 heavy (non-hydrogen) atoms. The lowest BCUT2D eigenvalue weighted by Gasteiger charge is -2.22. The summed E-state index contributed by atoms with van der Waals surface area (Å²) in [6.45, 7) is 2.07. The van der Waals surface area contributed by atoms with Crippen LogP contribution in [0.5, 0.6) is 0 Å². The van der Waals surface area contributed by atoms with Gasteiger partial charge in [-0.1, -0.05) is 25.3 Å². The second-order valence-corrected chi connectivity index (χ2v) is 6.80. The molecule has 1 heterocycles. The Morgan fingerprint density at radius 1 is 1.38 bits per heavy atom. The summed E-state index contributed by atoms with van der Waals surface area (Å²) in [6.07, 6.45) is 6.06. The molecule has 112 valence electrons. The van der Waals surface area contributed by atoms with Gasteiger partial charge < -0.3 is 5.32 Å². The van der Waals surface area contributed by atoms with Gasteiger partial charge in [-0.3, -0.25) is 4.79 Å². The number of hydrogen-bond donors (Lipinski definition) is 2. The predicted molar refractivity (Wildman–Crippen MR) is 85.3 cm³/mol. The highest BCUT2D eigenvalue weighted by Gasteiger charge is 2.17. The second-order valence-electron chi connectivity index (χ2n) is 5.82. The van der Waals surface area contributed by atoms with Crippen molar-refractivity contribution in [2.75, 3.05) is 5.75 Å². The number of aromatic nitrogens is 2. The fourth-order valence-corrected chi connectivity index (χ4v) is 3.60. The molecule has 1 fully saturated rings. The molecule has 3 N–H and O–H groups in total. The summed E-state index contributed by atoms with van der Waals surface area (Å²) in [5, 5.41) is 4.08. The van der Waals surface area contributed by atoms with Crippen molar-refractivity contribution in [3.63, 3.8) is 0 Å². The van der Waals surface area contributed by atoms with Gasteiger partial charge in [0.05, 0.1) is 5.75 Å². The van der Waals surface area contributed by atoms with Crippen LogP contribution in [0.2, 0.25) is 0 Å². The zero-order valence-corrected chi connectivity index (χ0v) is 13.2. The molecule has 0 spiro atoms. The highest BCUT2D eigenvalue weighted by molar-refractivity contribution is 7.99. The monoisotopic (exact) mass is 304 g/mol. The van der Waals surface area contributed by atoms with Gasteiger partial charge in [0.2, 0.25) is 5.91 Å². The molecule has 4 nitrogen and oxygen atoms in total. The molecule has 1 aliphatic rings. The molecule has 0 saturated heterocycles. The third kappa shape index (κ3) is 3.79. The topological polar surface area (TPSA) is 59.0 Å². The van der Waals surface area contributed by atoms with Crippen LogP contribution in [0.15, 0.2) is 23.4 Å². The Morgan fingerprint density at radius 2 is 2.19 bits per heavy atom. The Kier molecular flexibility index (Phi) is 4.48. The minimum Gasteiger partial charge on any atom is -0.353 e. The van der Waals surface area contributed by atoms with Gasteiger partial charge in [0, 0.05) is 6.04 Å². The van der Waals surface area contributed by atoms with Crippen molar-refractivity contribution in [2.45, 2.75) is 50.2 Å². The number of carbonyl (C=O) groups excluding carboxylic acids is 1. The van der Waals surface area contributed by atoms with Gasteiger partial charge in [-0.2, -0.15) is 0 Å². The molecule has 0 bridgehead atoms. The number of amides is 1. The fraction of sp³-hybridized carbons (Fsp3) is 0.500. The van der Waals surface area contributed by atoms with Crippen LogP contribution >= 0.6 is 11.8 Å². The van der Waals surface area contributed by atoms with Crippen molar-refractivity contribution >= 4 is 28.7 Å². The molecule has 1 aromatic heterocycles. The lowest BCUT2D eigenvalue weighted by molar-refractivity contribution is -0.396. The number of aromatic amines is 2. The maximum Gasteiger partial charge on any atom is 0.315 e. The molecule has 1 saturated carbocycles. The standard InChI is InChI=1S/C16H21N3OS/c1-11-7-8-13-14(9-11)19-16(18-13)21-10-15(20)17-12-5-3-2-4-6-12/h7-9,12H,2-6,10H2,1H3,(H,17,20)(H,18,19)/p+1. The van der Waals surface area contributed by atoms with Crippen LogP contribution in [0.3, 0.4) is 0 Å². The van der Waals surface area contributed by atoms with E-state index in [0.29, 0.717) is 11.8 Å². The van der Waals surface area contributed by atoms with Crippen molar-refractivity contribution in [3.8, 4) is 0 Å². The van der Waals surface area contributed by atoms with E-state index in [1.807, 2.05) is 0 Å². The third-order valence-corrected chi connectivity index (χ3v) is 4.89. The highest BCUT2D eigenvalue weighted by Crippen LogP contribution is 2.19.